The zero-order valence-corrected chi connectivity index (χ0v) is 54.6. The van der Waals surface area contributed by atoms with Crippen LogP contribution in [0.4, 0.5) is 0 Å². The first-order valence-electron chi connectivity index (χ1n) is 32.0. The number of ether oxygens (including phenoxy) is 2. The van der Waals surface area contributed by atoms with Gasteiger partial charge in [-0.1, -0.05) is 86.6 Å². The molecular weight excluding hydrogens is 1210 g/mol. The third-order valence-corrected chi connectivity index (χ3v) is 15.9. The summed E-state index contributed by atoms with van der Waals surface area (Å²) in [5.41, 5.74) is 35.2. The molecule has 1 fully saturated rings. The first kappa shape index (κ1) is 77.4. The Morgan fingerprint density at radius 3 is 1.79 bits per heavy atom. The SMILES string of the molecule is COCCOCCCNCCC(=O)N[C@@H](Cc1ccc(O)cc1)C(=O)C[C@@H](Cc1ccccc1)C(=O)N[C@@H](CC(C)C)C(=O)C[C@@H](Cc1ccccc1)C(=O)N(C)[C@@H](CCCN=C(N)N)C(=O)N1CCC[C@H]1C(=O)N[C@@H](CCCN=C(N)N)C(=O)N[C@@H](CC(N)=O)C(N)=O. The van der Waals surface area contributed by atoms with E-state index in [-0.39, 0.29) is 114 Å². The van der Waals surface area contributed by atoms with Crippen LogP contribution in [0.1, 0.15) is 108 Å². The van der Waals surface area contributed by atoms with E-state index >= 15 is 14.4 Å². The number of primary amides is 2. The number of methoxy groups -OCH3 is 1. The second-order valence-electron chi connectivity index (χ2n) is 24.0. The Hall–Kier alpha value is -9.02. The van der Waals surface area contributed by atoms with Crippen LogP contribution in [0.25, 0.3) is 0 Å². The number of aliphatic imine (C=N–C) groups is 2. The highest BCUT2D eigenvalue weighted by Crippen LogP contribution is 2.26. The molecule has 94 heavy (non-hydrogen) atoms. The monoisotopic (exact) mass is 1310 g/mol. The van der Waals surface area contributed by atoms with Crippen molar-refractivity contribution in [2.45, 2.75) is 146 Å². The van der Waals surface area contributed by atoms with Crippen molar-refractivity contribution >= 4 is 70.7 Å². The smallest absolute Gasteiger partial charge is 0.246 e. The minimum Gasteiger partial charge on any atom is -0.508 e. The molecule has 0 aliphatic carbocycles. The van der Waals surface area contributed by atoms with Gasteiger partial charge in [0.25, 0.3) is 0 Å². The number of phenols is 1. The van der Waals surface area contributed by atoms with E-state index in [0.717, 1.165) is 5.56 Å². The number of hydrogen-bond acceptors (Lipinski definition) is 16. The minimum atomic E-state index is -1.50. The van der Waals surface area contributed by atoms with Gasteiger partial charge < -0.3 is 85.4 Å². The van der Waals surface area contributed by atoms with E-state index in [1.807, 2.05) is 32.0 Å². The fourth-order valence-electron chi connectivity index (χ4n) is 11.0. The lowest BCUT2D eigenvalue weighted by Crippen LogP contribution is -2.58. The van der Waals surface area contributed by atoms with Crippen LogP contribution in [0.5, 0.6) is 5.75 Å². The molecule has 3 aromatic carbocycles. The number of carbonyl (C=O) groups is 10. The van der Waals surface area contributed by atoms with Gasteiger partial charge in [0.05, 0.1) is 31.7 Å². The molecule has 1 aliphatic heterocycles. The number of nitrogens with one attached hydrogen (secondary N) is 5. The minimum absolute atomic E-state index is 0.00432. The fourth-order valence-corrected chi connectivity index (χ4v) is 11.0. The van der Waals surface area contributed by atoms with Gasteiger partial charge in [-0.3, -0.25) is 57.9 Å². The molecule has 4 rings (SSSR count). The zero-order valence-electron chi connectivity index (χ0n) is 54.6. The first-order chi connectivity index (χ1) is 44.9. The lowest BCUT2D eigenvalue weighted by Gasteiger charge is -2.35. The summed E-state index contributed by atoms with van der Waals surface area (Å²) >= 11 is 0. The number of aromatic hydroxyl groups is 1. The Kier molecular flexibility index (Phi) is 34.2. The van der Waals surface area contributed by atoms with Crippen molar-refractivity contribution in [1.82, 2.24) is 36.4 Å². The van der Waals surface area contributed by atoms with Gasteiger partial charge in [0.1, 0.15) is 29.9 Å². The summed E-state index contributed by atoms with van der Waals surface area (Å²) in [6.07, 6.45) is 0.522. The third-order valence-electron chi connectivity index (χ3n) is 15.9. The number of amides is 8. The van der Waals surface area contributed by atoms with Gasteiger partial charge in [0.2, 0.25) is 47.3 Å². The van der Waals surface area contributed by atoms with Crippen molar-refractivity contribution in [3.05, 3.63) is 102 Å². The van der Waals surface area contributed by atoms with E-state index in [0.29, 0.717) is 56.9 Å². The standard InChI is InChI=1S/C66H99N15O13/c1-42(2)35-50(78-60(88)46(36-43-15-7-5-8-16-43)39-55(83)51(38-45-22-24-48(82)25-23-45)76-58(86)26-30-73-27-14-32-94-34-33-93-4)56(84)40-47(37-44-17-9-6-10-18-44)63(91)80(3)54(20-12-29-75-66(71)72)64(92)81-31-13-21-53(81)62(90)77-49(19-11-28-74-65(69)70)61(89)79-52(59(68)87)41-57(67)85/h5-10,15-18,22-25,42,46-47,49-54,73,82H,11-14,19-21,26-41H2,1-4H3,(H2,67,85)(H2,68,87)(H,76,86)(H,77,90)(H,78,88)(H,79,89)(H4,69,70,74)(H4,71,72,75)/t46-,47-,49+,50+,51+,52+,53+,54+/m1/s1. The summed E-state index contributed by atoms with van der Waals surface area (Å²) in [5.74, 6) is -9.45. The van der Waals surface area contributed by atoms with E-state index < -0.39 is 120 Å². The number of carbonyl (C=O) groups excluding carboxylic acids is 10. The Labute approximate surface area is 550 Å². The predicted octanol–water partition coefficient (Wildman–Crippen LogP) is -0.125. The van der Waals surface area contributed by atoms with Crippen LogP contribution in [0, 0.1) is 17.8 Å². The highest BCUT2D eigenvalue weighted by Gasteiger charge is 2.42. The molecule has 0 aromatic heterocycles. The number of rotatable bonds is 45. The molecule has 1 saturated heterocycles. The Balaban J connectivity index is 1.65. The van der Waals surface area contributed by atoms with Crippen LogP contribution in [0.3, 0.4) is 0 Å². The first-order valence-corrected chi connectivity index (χ1v) is 32.0. The van der Waals surface area contributed by atoms with Gasteiger partial charge in [-0.2, -0.15) is 0 Å². The van der Waals surface area contributed by atoms with Gasteiger partial charge in [0.15, 0.2) is 23.5 Å². The molecule has 0 saturated carbocycles. The van der Waals surface area contributed by atoms with Gasteiger partial charge in [-0.25, -0.2) is 0 Å². The number of benzene rings is 3. The second kappa shape index (κ2) is 41.5. The molecule has 0 unspecified atom stereocenters. The highest BCUT2D eigenvalue weighted by molar-refractivity contribution is 5.98. The van der Waals surface area contributed by atoms with Crippen molar-refractivity contribution in [2.75, 3.05) is 66.7 Å². The molecule has 1 aliphatic rings. The average Bonchev–Trinajstić information content (AvgIpc) is 1.54. The number of likely N-dealkylation sites (tertiary alicyclic amines) is 1. The lowest BCUT2D eigenvalue weighted by atomic mass is 9.87. The number of nitrogens with two attached hydrogens (primary N) is 6. The van der Waals surface area contributed by atoms with Crippen molar-refractivity contribution in [2.24, 2.45) is 62.1 Å². The summed E-state index contributed by atoms with van der Waals surface area (Å²) in [6.45, 7) is 6.34. The maximum atomic E-state index is 15.4. The molecule has 18 N–H and O–H groups in total. The molecule has 0 bridgehead atoms. The maximum Gasteiger partial charge on any atom is 0.246 e. The van der Waals surface area contributed by atoms with Crippen LogP contribution in [-0.2, 0) is 76.7 Å². The summed E-state index contributed by atoms with van der Waals surface area (Å²) in [7, 11) is 3.03. The van der Waals surface area contributed by atoms with Gasteiger partial charge in [-0.05, 0) is 112 Å². The molecule has 1 heterocycles. The molecule has 8 amide bonds. The molecular formula is C66H99N15O13. The summed E-state index contributed by atoms with van der Waals surface area (Å²) in [6, 6.07) is 16.8. The van der Waals surface area contributed by atoms with Gasteiger partial charge in [-0.15, -0.1) is 0 Å². The Morgan fingerprint density at radius 2 is 1.20 bits per heavy atom. The van der Waals surface area contributed by atoms with Crippen molar-refractivity contribution < 1.29 is 62.5 Å². The molecule has 28 nitrogen and oxygen atoms in total. The summed E-state index contributed by atoms with van der Waals surface area (Å²) < 4.78 is 10.5. The molecule has 3 aromatic rings. The topological polar surface area (TPSA) is 457 Å². The molecule has 0 radical (unpaired) electrons. The van der Waals surface area contributed by atoms with E-state index in [1.165, 1.54) is 29.0 Å². The number of likely N-dealkylation sites (N-methyl/N-ethyl adjacent to an activating group) is 1. The normalized spacial score (nSPS) is 15.0. The second-order valence-corrected chi connectivity index (χ2v) is 24.0. The molecule has 28 heteroatoms. The largest absolute Gasteiger partial charge is 0.508 e. The van der Waals surface area contributed by atoms with Crippen LogP contribution in [0.2, 0.25) is 0 Å². The van der Waals surface area contributed by atoms with Gasteiger partial charge in [0, 0.05) is 78.0 Å². The fraction of sp³-hybridized carbons (Fsp3) is 0.545. The maximum absolute atomic E-state index is 15.4. The zero-order chi connectivity index (χ0) is 69.1. The third kappa shape index (κ3) is 28.5. The number of nitrogens with zero attached hydrogens (tertiary/aromatic N) is 4. The number of Topliss-reactive ketones (excluding diaryl/α,β-unsaturated/α-hetero) is 2. The van der Waals surface area contributed by atoms with Crippen molar-refractivity contribution in [3.63, 3.8) is 0 Å². The number of phenolic OH excluding ortho intramolecular Hbond substituents is 1. The van der Waals surface area contributed by atoms with Gasteiger partial charge >= 0.3 is 0 Å². The average molecular weight is 1310 g/mol. The summed E-state index contributed by atoms with van der Waals surface area (Å²) in [5, 5.41) is 24.2. The van der Waals surface area contributed by atoms with Crippen molar-refractivity contribution in [1.29, 1.82) is 0 Å². The quantitative estimate of drug-likeness (QED) is 0.0199. The highest BCUT2D eigenvalue weighted by atomic mass is 16.5. The number of hydrogen-bond donors (Lipinski definition) is 12. The number of ketones is 2. The van der Waals surface area contributed by atoms with Crippen LogP contribution < -0.4 is 61.0 Å². The Morgan fingerprint density at radius 1 is 0.628 bits per heavy atom. The molecule has 8 atom stereocenters. The predicted molar refractivity (Wildman–Crippen MR) is 354 cm³/mol. The van der Waals surface area contributed by atoms with E-state index in [2.05, 4.69) is 36.6 Å². The summed E-state index contributed by atoms with van der Waals surface area (Å²) in [4.78, 5) is 152. The molecule has 0 spiro atoms. The van der Waals surface area contributed by atoms with E-state index in [9.17, 15) is 38.7 Å². The molecule has 516 valence electrons. The van der Waals surface area contributed by atoms with Crippen LogP contribution >= 0.6 is 0 Å². The Bertz CT molecular complexity index is 2980. The number of guanidine groups is 2. The lowest BCUT2D eigenvalue weighted by molar-refractivity contribution is -0.150. The van der Waals surface area contributed by atoms with Crippen molar-refractivity contribution in [3.8, 4) is 5.75 Å². The van der Waals surface area contributed by atoms with E-state index in [4.69, 9.17) is 43.9 Å². The van der Waals surface area contributed by atoms with Crippen LogP contribution in [-0.4, -0.2) is 189 Å². The van der Waals surface area contributed by atoms with E-state index in [1.54, 1.807) is 61.7 Å². The van der Waals surface area contributed by atoms with Crippen LogP contribution in [0.15, 0.2) is 94.9 Å².